The summed E-state index contributed by atoms with van der Waals surface area (Å²) in [4.78, 5) is 29.7. The van der Waals surface area contributed by atoms with E-state index in [0.717, 1.165) is 21.5 Å². The van der Waals surface area contributed by atoms with Gasteiger partial charge in [0.1, 0.15) is 18.1 Å². The number of hydrogen-bond donors (Lipinski definition) is 1. The molecule has 1 N–H and O–H groups in total. The predicted molar refractivity (Wildman–Crippen MR) is 133 cm³/mol. The highest BCUT2D eigenvalue weighted by molar-refractivity contribution is 7.10. The van der Waals surface area contributed by atoms with Crippen LogP contribution in [0.4, 0.5) is 5.69 Å². The van der Waals surface area contributed by atoms with Gasteiger partial charge in [-0.1, -0.05) is 35.5 Å². The number of benzene rings is 2. The number of rotatable bonds is 9. The van der Waals surface area contributed by atoms with Crippen LogP contribution in [0.1, 0.15) is 22.0 Å². The van der Waals surface area contributed by atoms with Crippen LogP contribution in [-0.2, 0) is 20.9 Å². The van der Waals surface area contributed by atoms with E-state index in [9.17, 15) is 9.59 Å². The Balaban J connectivity index is 1.78. The molecule has 8 nitrogen and oxygen atoms in total. The van der Waals surface area contributed by atoms with Crippen LogP contribution < -0.4 is 10.2 Å². The average molecular weight is 478 g/mol. The molecule has 4 rings (SSSR count). The van der Waals surface area contributed by atoms with Crippen LogP contribution in [-0.4, -0.2) is 47.1 Å². The summed E-state index contributed by atoms with van der Waals surface area (Å²) in [5.74, 6) is -0.526. The van der Waals surface area contributed by atoms with Gasteiger partial charge in [-0.2, -0.15) is 0 Å². The van der Waals surface area contributed by atoms with E-state index in [1.54, 1.807) is 16.7 Å². The summed E-state index contributed by atoms with van der Waals surface area (Å²) in [5.41, 5.74) is 4.05. The Kier molecular flexibility index (Phi) is 7.34. The Bertz CT molecular complexity index is 1280. The Morgan fingerprint density at radius 3 is 2.74 bits per heavy atom. The number of hydrogen-bond acceptors (Lipinski definition) is 6. The summed E-state index contributed by atoms with van der Waals surface area (Å²) in [6.45, 7) is 4.58. The highest BCUT2D eigenvalue weighted by Gasteiger charge is 2.34. The van der Waals surface area contributed by atoms with Gasteiger partial charge in [0.2, 0.25) is 11.8 Å². The molecule has 0 aliphatic rings. The fraction of sp³-hybridized carbons (Fsp3) is 0.280. The third-order valence-corrected chi connectivity index (χ3v) is 6.45. The van der Waals surface area contributed by atoms with E-state index < -0.39 is 6.04 Å². The van der Waals surface area contributed by atoms with E-state index in [4.69, 9.17) is 4.74 Å². The fourth-order valence-corrected chi connectivity index (χ4v) is 4.64. The summed E-state index contributed by atoms with van der Waals surface area (Å²) in [5, 5.41) is 13.2. The number of thiophene rings is 1. The third kappa shape index (κ3) is 5.00. The third-order valence-electron chi connectivity index (χ3n) is 5.52. The zero-order chi connectivity index (χ0) is 24.1. The Hall–Kier alpha value is -3.56. The summed E-state index contributed by atoms with van der Waals surface area (Å²) in [7, 11) is 1.58. The molecule has 0 aliphatic carbocycles. The van der Waals surface area contributed by atoms with Crippen LogP contribution in [0.25, 0.3) is 11.0 Å². The molecule has 0 saturated carbocycles. The van der Waals surface area contributed by atoms with Crippen LogP contribution in [0.3, 0.4) is 0 Å². The molecule has 34 heavy (non-hydrogen) atoms. The van der Waals surface area contributed by atoms with Crippen molar-refractivity contribution in [3.63, 3.8) is 0 Å². The predicted octanol–water partition coefficient (Wildman–Crippen LogP) is 3.65. The minimum Gasteiger partial charge on any atom is -0.383 e. The largest absolute Gasteiger partial charge is 0.383 e. The first-order valence-corrected chi connectivity index (χ1v) is 11.8. The molecule has 0 fully saturated rings. The van der Waals surface area contributed by atoms with Crippen LogP contribution in [0.15, 0.2) is 60.0 Å². The average Bonchev–Trinajstić information content (AvgIpc) is 3.50. The van der Waals surface area contributed by atoms with Gasteiger partial charge >= 0.3 is 0 Å². The molecule has 2 amide bonds. The monoisotopic (exact) mass is 477 g/mol. The van der Waals surface area contributed by atoms with Gasteiger partial charge in [0, 0.05) is 24.2 Å². The van der Waals surface area contributed by atoms with Crippen LogP contribution in [0, 0.1) is 13.8 Å². The number of amides is 2. The molecule has 0 aliphatic heterocycles. The van der Waals surface area contributed by atoms with Gasteiger partial charge in [0.05, 0.1) is 12.1 Å². The maximum Gasteiger partial charge on any atom is 0.249 e. The zero-order valence-electron chi connectivity index (χ0n) is 19.4. The van der Waals surface area contributed by atoms with Crippen molar-refractivity contribution in [1.82, 2.24) is 20.3 Å². The van der Waals surface area contributed by atoms with E-state index in [2.05, 4.69) is 15.6 Å². The molecular formula is C25H27N5O3S. The second-order valence-electron chi connectivity index (χ2n) is 7.99. The lowest BCUT2D eigenvalue weighted by molar-refractivity contribution is -0.127. The SMILES string of the molecule is COCCNC(=O)[C@@H](c1cccs1)N(C(=O)Cn1nnc2ccccc21)c1cc(C)ccc1C. The van der Waals surface area contributed by atoms with Gasteiger partial charge in [-0.25, -0.2) is 4.68 Å². The van der Waals surface area contributed by atoms with Crippen molar-refractivity contribution in [2.45, 2.75) is 26.4 Å². The Morgan fingerprint density at radius 1 is 1.15 bits per heavy atom. The van der Waals surface area contributed by atoms with Crippen molar-refractivity contribution in [1.29, 1.82) is 0 Å². The number of anilines is 1. The molecule has 2 aromatic carbocycles. The van der Waals surface area contributed by atoms with E-state index in [1.807, 2.05) is 73.8 Å². The molecule has 0 saturated heterocycles. The van der Waals surface area contributed by atoms with Crippen molar-refractivity contribution in [3.8, 4) is 0 Å². The standard InChI is InChI=1S/C25H27N5O3S/c1-17-10-11-18(2)21(15-17)30(23(31)16-29-20-8-5-4-7-19(20)27-28-29)24(22-9-6-14-34-22)25(32)26-12-13-33-3/h4-11,14-15,24H,12-13,16H2,1-3H3,(H,26,32)/t24-/m1/s1. The molecule has 0 radical (unpaired) electrons. The van der Waals surface area contributed by atoms with Gasteiger partial charge in [0.25, 0.3) is 0 Å². The summed E-state index contributed by atoms with van der Waals surface area (Å²) < 4.78 is 6.66. The van der Waals surface area contributed by atoms with Crippen molar-refractivity contribution in [2.75, 3.05) is 25.2 Å². The number of aryl methyl sites for hydroxylation is 2. The molecule has 0 unspecified atom stereocenters. The number of aromatic nitrogens is 3. The van der Waals surface area contributed by atoms with Crippen molar-refractivity contribution >= 4 is 39.9 Å². The molecule has 0 spiro atoms. The van der Waals surface area contributed by atoms with Gasteiger partial charge in [-0.15, -0.1) is 16.4 Å². The van der Waals surface area contributed by atoms with Crippen molar-refractivity contribution in [3.05, 3.63) is 76.0 Å². The normalized spacial score (nSPS) is 12.0. The second kappa shape index (κ2) is 10.6. The van der Waals surface area contributed by atoms with Crippen LogP contribution >= 0.6 is 11.3 Å². The van der Waals surface area contributed by atoms with Crippen LogP contribution in [0.5, 0.6) is 0 Å². The summed E-state index contributed by atoms with van der Waals surface area (Å²) in [6.07, 6.45) is 0. The lowest BCUT2D eigenvalue weighted by Gasteiger charge is -2.32. The van der Waals surface area contributed by atoms with Crippen molar-refractivity contribution < 1.29 is 14.3 Å². The van der Waals surface area contributed by atoms with Crippen LogP contribution in [0.2, 0.25) is 0 Å². The first kappa shape index (κ1) is 23.6. The van der Waals surface area contributed by atoms with Gasteiger partial charge in [0.15, 0.2) is 0 Å². The number of methoxy groups -OCH3 is 1. The highest BCUT2D eigenvalue weighted by Crippen LogP contribution is 2.33. The molecule has 0 bridgehead atoms. The van der Waals surface area contributed by atoms with Gasteiger partial charge in [-0.05, 0) is 54.6 Å². The first-order valence-electron chi connectivity index (χ1n) is 11.0. The second-order valence-corrected chi connectivity index (χ2v) is 8.97. The zero-order valence-corrected chi connectivity index (χ0v) is 20.2. The minimum atomic E-state index is -0.834. The molecule has 2 aromatic heterocycles. The lowest BCUT2D eigenvalue weighted by Crippen LogP contribution is -2.46. The topological polar surface area (TPSA) is 89.4 Å². The smallest absolute Gasteiger partial charge is 0.249 e. The number of nitrogens with one attached hydrogen (secondary N) is 1. The number of fused-ring (bicyclic) bond motifs is 1. The molecule has 9 heteroatoms. The maximum atomic E-state index is 13.9. The van der Waals surface area contributed by atoms with E-state index >= 15 is 0 Å². The summed E-state index contributed by atoms with van der Waals surface area (Å²) >= 11 is 1.44. The van der Waals surface area contributed by atoms with Gasteiger partial charge in [-0.3, -0.25) is 14.5 Å². The molecule has 2 heterocycles. The molecule has 4 aromatic rings. The Morgan fingerprint density at radius 2 is 1.97 bits per heavy atom. The Labute approximate surface area is 202 Å². The number of carbonyl (C=O) groups excluding carboxylic acids is 2. The van der Waals surface area contributed by atoms with E-state index in [-0.39, 0.29) is 18.4 Å². The lowest BCUT2D eigenvalue weighted by atomic mass is 10.1. The number of para-hydroxylation sites is 1. The highest BCUT2D eigenvalue weighted by atomic mass is 32.1. The minimum absolute atomic E-state index is 0.0544. The van der Waals surface area contributed by atoms with Gasteiger partial charge < -0.3 is 10.1 Å². The number of ether oxygens (including phenoxy) is 1. The molecular weight excluding hydrogens is 450 g/mol. The maximum absolute atomic E-state index is 13.9. The quantitative estimate of drug-likeness (QED) is 0.372. The van der Waals surface area contributed by atoms with Crippen molar-refractivity contribution in [2.24, 2.45) is 0 Å². The number of carbonyl (C=O) groups is 2. The first-order chi connectivity index (χ1) is 16.5. The fourth-order valence-electron chi connectivity index (χ4n) is 3.83. The number of nitrogens with zero attached hydrogens (tertiary/aromatic N) is 4. The van der Waals surface area contributed by atoms with E-state index in [1.165, 1.54) is 11.3 Å². The molecule has 176 valence electrons. The van der Waals surface area contributed by atoms with E-state index in [0.29, 0.717) is 24.4 Å². The summed E-state index contributed by atoms with van der Waals surface area (Å²) in [6, 6.07) is 16.3. The molecule has 1 atom stereocenters.